The third-order valence-corrected chi connectivity index (χ3v) is 5.86. The fourth-order valence-corrected chi connectivity index (χ4v) is 4.04. The minimum Gasteiger partial charge on any atom is -0.397 e. The Morgan fingerprint density at radius 2 is 1.90 bits per heavy atom. The number of anilines is 2. The topological polar surface area (TPSA) is 45.4 Å². The first-order chi connectivity index (χ1) is 10.1. The molecule has 3 rings (SSSR count). The van der Waals surface area contributed by atoms with E-state index in [1.807, 2.05) is 6.92 Å². The normalized spacial score (nSPS) is 21.1. The molecule has 2 saturated heterocycles. The fourth-order valence-electron chi connectivity index (χ4n) is 3.46. The molecule has 2 N–H and O–H groups in total. The minimum atomic E-state index is 0.759. The lowest BCUT2D eigenvalue weighted by atomic mass is 9.96. The zero-order valence-corrected chi connectivity index (χ0v) is 14.4. The van der Waals surface area contributed by atoms with Crippen LogP contribution in [0.25, 0.3) is 0 Å². The molecule has 0 bridgehead atoms. The molecule has 0 atom stereocenters. The van der Waals surface area contributed by atoms with Gasteiger partial charge in [0.15, 0.2) is 0 Å². The number of pyridine rings is 1. The standard InChI is InChI=1S/C16H25BrN4/c1-12-14(18)10-19-16(15(12)17)21-8-4-13(5-9-21)11-20-6-2-3-7-20/h10,13H,2-9,11,18H2,1H3. The summed E-state index contributed by atoms with van der Waals surface area (Å²) in [6.45, 7) is 8.17. The van der Waals surface area contributed by atoms with Crippen molar-refractivity contribution in [3.8, 4) is 0 Å². The summed E-state index contributed by atoms with van der Waals surface area (Å²) in [6, 6.07) is 0. The summed E-state index contributed by atoms with van der Waals surface area (Å²) in [7, 11) is 0. The van der Waals surface area contributed by atoms with E-state index in [1.54, 1.807) is 6.20 Å². The van der Waals surface area contributed by atoms with Crippen molar-refractivity contribution in [3.05, 3.63) is 16.2 Å². The highest BCUT2D eigenvalue weighted by molar-refractivity contribution is 9.10. The lowest BCUT2D eigenvalue weighted by Crippen LogP contribution is -2.38. The largest absolute Gasteiger partial charge is 0.397 e. The summed E-state index contributed by atoms with van der Waals surface area (Å²) in [5.74, 6) is 1.91. The van der Waals surface area contributed by atoms with Crippen LogP contribution in [0.4, 0.5) is 11.5 Å². The molecule has 0 spiro atoms. The molecule has 3 heterocycles. The van der Waals surface area contributed by atoms with E-state index < -0.39 is 0 Å². The third kappa shape index (κ3) is 3.34. The van der Waals surface area contributed by atoms with Gasteiger partial charge in [0.1, 0.15) is 5.82 Å². The van der Waals surface area contributed by atoms with Gasteiger partial charge in [-0.1, -0.05) is 0 Å². The highest BCUT2D eigenvalue weighted by Crippen LogP contribution is 2.33. The second-order valence-corrected chi connectivity index (χ2v) is 7.21. The minimum absolute atomic E-state index is 0.759. The van der Waals surface area contributed by atoms with Crippen molar-refractivity contribution >= 4 is 27.4 Å². The molecule has 0 amide bonds. The van der Waals surface area contributed by atoms with Crippen LogP contribution in [0.15, 0.2) is 10.7 Å². The highest BCUT2D eigenvalue weighted by Gasteiger charge is 2.24. The summed E-state index contributed by atoms with van der Waals surface area (Å²) in [5, 5.41) is 0. The molecule has 0 radical (unpaired) electrons. The second-order valence-electron chi connectivity index (χ2n) is 6.41. The number of hydrogen-bond acceptors (Lipinski definition) is 4. The second kappa shape index (κ2) is 6.53. The van der Waals surface area contributed by atoms with Crippen molar-refractivity contribution in [1.29, 1.82) is 0 Å². The number of nitrogen functional groups attached to an aromatic ring is 1. The molecule has 0 aromatic carbocycles. The lowest BCUT2D eigenvalue weighted by molar-refractivity contribution is 0.249. The lowest BCUT2D eigenvalue weighted by Gasteiger charge is -2.35. The molecule has 1 aromatic rings. The average molecular weight is 353 g/mol. The number of hydrogen-bond donors (Lipinski definition) is 1. The zero-order valence-electron chi connectivity index (χ0n) is 12.8. The van der Waals surface area contributed by atoms with Gasteiger partial charge >= 0.3 is 0 Å². The van der Waals surface area contributed by atoms with Gasteiger partial charge in [0.2, 0.25) is 0 Å². The Kier molecular flexibility index (Phi) is 4.69. The first-order valence-corrected chi connectivity index (χ1v) is 8.82. The van der Waals surface area contributed by atoms with Crippen molar-refractivity contribution in [2.45, 2.75) is 32.6 Å². The maximum atomic E-state index is 5.92. The molecular weight excluding hydrogens is 328 g/mol. The molecule has 0 aliphatic carbocycles. The number of aromatic nitrogens is 1. The number of nitrogens with two attached hydrogens (primary N) is 1. The summed E-state index contributed by atoms with van der Waals surface area (Å²) in [5.41, 5.74) is 7.77. The van der Waals surface area contributed by atoms with Crippen molar-refractivity contribution in [3.63, 3.8) is 0 Å². The van der Waals surface area contributed by atoms with E-state index in [1.165, 1.54) is 45.3 Å². The summed E-state index contributed by atoms with van der Waals surface area (Å²) in [6.07, 6.45) is 7.11. The molecule has 2 aliphatic heterocycles. The Morgan fingerprint density at radius 1 is 1.24 bits per heavy atom. The first kappa shape index (κ1) is 15.1. The number of likely N-dealkylation sites (tertiary alicyclic amines) is 1. The van der Waals surface area contributed by atoms with Crippen LogP contribution in [0.2, 0.25) is 0 Å². The fraction of sp³-hybridized carbons (Fsp3) is 0.688. The van der Waals surface area contributed by atoms with Crippen molar-refractivity contribution in [2.75, 3.05) is 43.4 Å². The third-order valence-electron chi connectivity index (χ3n) is 4.91. The van der Waals surface area contributed by atoms with Gasteiger partial charge in [-0.3, -0.25) is 0 Å². The van der Waals surface area contributed by atoms with Gasteiger partial charge in [-0.05, 0) is 73.1 Å². The van der Waals surface area contributed by atoms with Gasteiger partial charge in [0, 0.05) is 19.6 Å². The SMILES string of the molecule is Cc1c(N)cnc(N2CCC(CN3CCCC3)CC2)c1Br. The molecule has 0 unspecified atom stereocenters. The van der Waals surface area contributed by atoms with Gasteiger partial charge in [0.25, 0.3) is 0 Å². The Morgan fingerprint density at radius 3 is 2.57 bits per heavy atom. The molecule has 21 heavy (non-hydrogen) atoms. The molecule has 2 aliphatic rings. The Bertz CT molecular complexity index is 491. The van der Waals surface area contributed by atoms with Gasteiger partial charge in [0.05, 0.1) is 16.4 Å². The number of rotatable bonds is 3. The van der Waals surface area contributed by atoms with Crippen LogP contribution in [0.3, 0.4) is 0 Å². The molecule has 116 valence electrons. The van der Waals surface area contributed by atoms with Crippen molar-refractivity contribution < 1.29 is 0 Å². The maximum absolute atomic E-state index is 5.92. The average Bonchev–Trinajstić information content (AvgIpc) is 2.99. The molecule has 1 aromatic heterocycles. The quantitative estimate of drug-likeness (QED) is 0.907. The number of piperidine rings is 1. The van der Waals surface area contributed by atoms with E-state index in [2.05, 4.69) is 30.7 Å². The van der Waals surface area contributed by atoms with E-state index in [4.69, 9.17) is 5.73 Å². The Hall–Kier alpha value is -0.810. The molecular formula is C16H25BrN4. The van der Waals surface area contributed by atoms with E-state index in [-0.39, 0.29) is 0 Å². The predicted octanol–water partition coefficient (Wildman–Crippen LogP) is 3.05. The smallest absolute Gasteiger partial charge is 0.143 e. The van der Waals surface area contributed by atoms with Gasteiger partial charge in [-0.15, -0.1) is 0 Å². The van der Waals surface area contributed by atoms with Crippen LogP contribution in [0, 0.1) is 12.8 Å². The van der Waals surface area contributed by atoms with Crippen LogP contribution in [-0.4, -0.2) is 42.6 Å². The van der Waals surface area contributed by atoms with Crippen LogP contribution in [0.1, 0.15) is 31.2 Å². The highest BCUT2D eigenvalue weighted by atomic mass is 79.9. The van der Waals surface area contributed by atoms with Crippen molar-refractivity contribution in [2.24, 2.45) is 5.92 Å². The van der Waals surface area contributed by atoms with Crippen LogP contribution in [0.5, 0.6) is 0 Å². The van der Waals surface area contributed by atoms with E-state index in [0.29, 0.717) is 0 Å². The first-order valence-electron chi connectivity index (χ1n) is 8.03. The van der Waals surface area contributed by atoms with Gasteiger partial charge in [-0.25, -0.2) is 4.98 Å². The molecule has 2 fully saturated rings. The van der Waals surface area contributed by atoms with Crippen LogP contribution < -0.4 is 10.6 Å². The monoisotopic (exact) mass is 352 g/mol. The Labute approximate surface area is 135 Å². The van der Waals surface area contributed by atoms with Gasteiger partial charge in [-0.2, -0.15) is 0 Å². The maximum Gasteiger partial charge on any atom is 0.143 e. The summed E-state index contributed by atoms with van der Waals surface area (Å²) < 4.78 is 1.06. The zero-order chi connectivity index (χ0) is 14.8. The van der Waals surface area contributed by atoms with Gasteiger partial charge < -0.3 is 15.5 Å². The predicted molar refractivity (Wildman–Crippen MR) is 91.7 cm³/mol. The number of nitrogens with zero attached hydrogens (tertiary/aromatic N) is 3. The van der Waals surface area contributed by atoms with E-state index in [9.17, 15) is 0 Å². The number of halogens is 1. The Balaban J connectivity index is 1.59. The van der Waals surface area contributed by atoms with Crippen molar-refractivity contribution in [1.82, 2.24) is 9.88 Å². The van der Waals surface area contributed by atoms with Crippen LogP contribution >= 0.6 is 15.9 Å². The summed E-state index contributed by atoms with van der Waals surface area (Å²) >= 11 is 3.66. The molecule has 5 heteroatoms. The van der Waals surface area contributed by atoms with E-state index >= 15 is 0 Å². The molecule has 4 nitrogen and oxygen atoms in total. The molecule has 0 saturated carbocycles. The van der Waals surface area contributed by atoms with Crippen LogP contribution in [-0.2, 0) is 0 Å². The summed E-state index contributed by atoms with van der Waals surface area (Å²) in [4.78, 5) is 9.57. The van der Waals surface area contributed by atoms with E-state index in [0.717, 1.165) is 40.5 Å².